The van der Waals surface area contributed by atoms with Crippen molar-refractivity contribution in [2.45, 2.75) is 18.8 Å². The highest BCUT2D eigenvalue weighted by Gasteiger charge is 2.37. The minimum Gasteiger partial charge on any atom is -0.477 e. The minimum atomic E-state index is -3.73. The molecular weight excluding hydrogens is 209 g/mol. The predicted octanol–water partition coefficient (Wildman–Crippen LogP) is 2.48. The number of rotatable bonds is 4. The summed E-state index contributed by atoms with van der Waals surface area (Å²) >= 11 is 0. The molecule has 0 saturated heterocycles. The number of benzene rings is 1. The Morgan fingerprint density at radius 1 is 1.27 bits per heavy atom. The third kappa shape index (κ3) is 3.27. The first kappa shape index (κ1) is 11.6. The summed E-state index contributed by atoms with van der Waals surface area (Å²) in [6.45, 7) is 0. The molecule has 0 unspecified atom stereocenters. The number of aliphatic carboxylic acids is 1. The lowest BCUT2D eigenvalue weighted by molar-refractivity contribution is -0.165. The SMILES string of the molecule is O=C(O)C(F)(F)CCc1ccc(F)cc1. The molecule has 1 aromatic carbocycles. The van der Waals surface area contributed by atoms with E-state index in [9.17, 15) is 18.0 Å². The smallest absolute Gasteiger partial charge is 0.374 e. The van der Waals surface area contributed by atoms with Gasteiger partial charge in [0.2, 0.25) is 0 Å². The summed E-state index contributed by atoms with van der Waals surface area (Å²) in [7, 11) is 0. The van der Waals surface area contributed by atoms with Crippen molar-refractivity contribution in [3.63, 3.8) is 0 Å². The average Bonchev–Trinajstić information content (AvgIpc) is 2.17. The van der Waals surface area contributed by atoms with Crippen LogP contribution in [0.15, 0.2) is 24.3 Å². The molecule has 0 spiro atoms. The molecule has 1 N–H and O–H groups in total. The highest BCUT2D eigenvalue weighted by Crippen LogP contribution is 2.21. The monoisotopic (exact) mass is 218 g/mol. The number of carboxylic acid groups (broad SMARTS) is 1. The van der Waals surface area contributed by atoms with E-state index in [4.69, 9.17) is 5.11 Å². The number of carbonyl (C=O) groups is 1. The third-order valence-corrected chi connectivity index (χ3v) is 1.95. The van der Waals surface area contributed by atoms with Gasteiger partial charge in [0, 0.05) is 6.42 Å². The van der Waals surface area contributed by atoms with Gasteiger partial charge in [-0.2, -0.15) is 8.78 Å². The van der Waals surface area contributed by atoms with Gasteiger partial charge in [-0.25, -0.2) is 9.18 Å². The van der Waals surface area contributed by atoms with Crippen molar-refractivity contribution in [1.82, 2.24) is 0 Å². The Labute approximate surface area is 84.3 Å². The van der Waals surface area contributed by atoms with E-state index in [2.05, 4.69) is 0 Å². The molecule has 1 aromatic rings. The molecule has 0 heterocycles. The van der Waals surface area contributed by atoms with Gasteiger partial charge in [-0.3, -0.25) is 0 Å². The number of hydrogen-bond acceptors (Lipinski definition) is 1. The second-order valence-corrected chi connectivity index (χ2v) is 3.14. The summed E-state index contributed by atoms with van der Waals surface area (Å²) in [4.78, 5) is 10.1. The fraction of sp³-hybridized carbons (Fsp3) is 0.300. The Balaban J connectivity index is 2.57. The summed E-state index contributed by atoms with van der Waals surface area (Å²) in [5.74, 6) is -6.32. The van der Waals surface area contributed by atoms with E-state index in [0.29, 0.717) is 5.56 Å². The van der Waals surface area contributed by atoms with Crippen LogP contribution in [0.25, 0.3) is 0 Å². The molecule has 0 radical (unpaired) electrons. The maximum atomic E-state index is 12.6. The van der Waals surface area contributed by atoms with Crippen LogP contribution in [0.3, 0.4) is 0 Å². The van der Waals surface area contributed by atoms with Crippen LogP contribution in [-0.2, 0) is 11.2 Å². The summed E-state index contributed by atoms with van der Waals surface area (Å²) in [5.41, 5.74) is 0.484. The van der Waals surface area contributed by atoms with E-state index in [-0.39, 0.29) is 6.42 Å². The average molecular weight is 218 g/mol. The molecule has 15 heavy (non-hydrogen) atoms. The van der Waals surface area contributed by atoms with Crippen molar-refractivity contribution in [1.29, 1.82) is 0 Å². The number of hydrogen-bond donors (Lipinski definition) is 1. The molecule has 0 atom stereocenters. The summed E-state index contributed by atoms with van der Waals surface area (Å²) < 4.78 is 37.7. The molecule has 0 bridgehead atoms. The van der Waals surface area contributed by atoms with Crippen molar-refractivity contribution in [2.24, 2.45) is 0 Å². The Kier molecular flexibility index (Phi) is 3.34. The predicted molar refractivity (Wildman–Crippen MR) is 47.3 cm³/mol. The van der Waals surface area contributed by atoms with Gasteiger partial charge < -0.3 is 5.11 Å². The highest BCUT2D eigenvalue weighted by molar-refractivity contribution is 5.75. The van der Waals surface area contributed by atoms with Crippen LogP contribution in [0.4, 0.5) is 13.2 Å². The van der Waals surface area contributed by atoms with Gasteiger partial charge in [-0.1, -0.05) is 12.1 Å². The molecule has 5 heteroatoms. The van der Waals surface area contributed by atoms with Crippen molar-refractivity contribution in [2.75, 3.05) is 0 Å². The van der Waals surface area contributed by atoms with E-state index < -0.39 is 24.1 Å². The van der Waals surface area contributed by atoms with Crippen molar-refractivity contribution < 1.29 is 23.1 Å². The van der Waals surface area contributed by atoms with Gasteiger partial charge >= 0.3 is 11.9 Å². The van der Waals surface area contributed by atoms with Crippen LogP contribution in [0.1, 0.15) is 12.0 Å². The second-order valence-electron chi connectivity index (χ2n) is 3.14. The van der Waals surface area contributed by atoms with E-state index in [1.807, 2.05) is 0 Å². The van der Waals surface area contributed by atoms with Gasteiger partial charge in [-0.15, -0.1) is 0 Å². The molecule has 0 saturated carbocycles. The standard InChI is InChI=1S/C10H9F3O2/c11-8-3-1-7(2-4-8)5-6-10(12,13)9(14)15/h1-4H,5-6H2,(H,14,15). The maximum Gasteiger partial charge on any atom is 0.374 e. The zero-order valence-corrected chi connectivity index (χ0v) is 7.71. The highest BCUT2D eigenvalue weighted by atomic mass is 19.3. The molecular formula is C10H9F3O2. The first-order valence-corrected chi connectivity index (χ1v) is 4.27. The van der Waals surface area contributed by atoms with E-state index in [1.54, 1.807) is 0 Å². The normalized spacial score (nSPS) is 11.4. The van der Waals surface area contributed by atoms with Gasteiger partial charge in [-0.05, 0) is 24.1 Å². The summed E-state index contributed by atoms with van der Waals surface area (Å²) in [5, 5.41) is 8.15. The largest absolute Gasteiger partial charge is 0.477 e. The van der Waals surface area contributed by atoms with Crippen molar-refractivity contribution in [3.05, 3.63) is 35.6 Å². The number of halogens is 3. The van der Waals surface area contributed by atoms with Crippen molar-refractivity contribution in [3.8, 4) is 0 Å². The van der Waals surface area contributed by atoms with Crippen LogP contribution in [0.2, 0.25) is 0 Å². The van der Waals surface area contributed by atoms with Gasteiger partial charge in [0.25, 0.3) is 0 Å². The van der Waals surface area contributed by atoms with Crippen LogP contribution in [0.5, 0.6) is 0 Å². The topological polar surface area (TPSA) is 37.3 Å². The fourth-order valence-electron chi connectivity index (χ4n) is 1.06. The van der Waals surface area contributed by atoms with E-state index >= 15 is 0 Å². The maximum absolute atomic E-state index is 12.6. The van der Waals surface area contributed by atoms with Crippen LogP contribution >= 0.6 is 0 Å². The molecule has 82 valence electrons. The van der Waals surface area contributed by atoms with Crippen LogP contribution in [-0.4, -0.2) is 17.0 Å². The fourth-order valence-corrected chi connectivity index (χ4v) is 1.06. The quantitative estimate of drug-likeness (QED) is 0.842. The Morgan fingerprint density at radius 3 is 2.27 bits per heavy atom. The second kappa shape index (κ2) is 4.33. The van der Waals surface area contributed by atoms with E-state index in [0.717, 1.165) is 12.1 Å². The first-order valence-electron chi connectivity index (χ1n) is 4.27. The summed E-state index contributed by atoms with van der Waals surface area (Å²) in [6.07, 6.45) is -0.881. The summed E-state index contributed by atoms with van der Waals surface area (Å²) in [6, 6.07) is 5.00. The molecule has 0 aliphatic carbocycles. The zero-order chi connectivity index (χ0) is 11.5. The van der Waals surface area contributed by atoms with Crippen LogP contribution < -0.4 is 0 Å². The molecule has 0 aromatic heterocycles. The minimum absolute atomic E-state index is 0.0976. The van der Waals surface area contributed by atoms with E-state index in [1.165, 1.54) is 12.1 Å². The molecule has 1 rings (SSSR count). The number of alkyl halides is 2. The third-order valence-electron chi connectivity index (χ3n) is 1.95. The lowest BCUT2D eigenvalue weighted by Crippen LogP contribution is -2.28. The van der Waals surface area contributed by atoms with Crippen molar-refractivity contribution >= 4 is 5.97 Å². The lowest BCUT2D eigenvalue weighted by Gasteiger charge is -2.10. The lowest BCUT2D eigenvalue weighted by atomic mass is 10.1. The molecule has 2 nitrogen and oxygen atoms in total. The molecule has 0 aliphatic heterocycles. The number of aryl methyl sites for hydroxylation is 1. The zero-order valence-electron chi connectivity index (χ0n) is 7.71. The molecule has 0 amide bonds. The van der Waals surface area contributed by atoms with Gasteiger partial charge in [0.15, 0.2) is 0 Å². The Hall–Kier alpha value is -1.52. The Bertz CT molecular complexity index is 346. The van der Waals surface area contributed by atoms with Crippen LogP contribution in [0, 0.1) is 5.82 Å². The molecule has 0 aliphatic rings. The molecule has 0 fully saturated rings. The van der Waals surface area contributed by atoms with Gasteiger partial charge in [0.1, 0.15) is 5.82 Å². The van der Waals surface area contributed by atoms with Gasteiger partial charge in [0.05, 0.1) is 0 Å². The Morgan fingerprint density at radius 2 is 1.80 bits per heavy atom. The number of carboxylic acids is 1. The first-order chi connectivity index (χ1) is 6.92.